The van der Waals surface area contributed by atoms with Gasteiger partial charge >= 0.3 is 12.5 Å². The molecule has 0 fully saturated rings. The van der Waals surface area contributed by atoms with Crippen molar-refractivity contribution in [3.05, 3.63) is 89.7 Å². The highest BCUT2D eigenvalue weighted by molar-refractivity contribution is 6.01. The van der Waals surface area contributed by atoms with Crippen molar-refractivity contribution in [2.75, 3.05) is 5.32 Å². The Labute approximate surface area is 204 Å². The van der Waals surface area contributed by atoms with Gasteiger partial charge in [-0.3, -0.25) is 5.32 Å². The van der Waals surface area contributed by atoms with E-state index in [1.165, 1.54) is 30.6 Å². The summed E-state index contributed by atoms with van der Waals surface area (Å²) in [4.78, 5) is 20.3. The maximum absolute atomic E-state index is 13.1. The number of amidine groups is 1. The maximum Gasteiger partial charge on any atom is 0.573 e. The number of amides is 1. The van der Waals surface area contributed by atoms with Gasteiger partial charge in [-0.05, 0) is 72.6 Å². The molecule has 3 aromatic rings. The topological polar surface area (TPSA) is 98.3 Å². The van der Waals surface area contributed by atoms with Gasteiger partial charge in [0.2, 0.25) is 0 Å². The van der Waals surface area contributed by atoms with Crippen molar-refractivity contribution >= 4 is 29.6 Å². The summed E-state index contributed by atoms with van der Waals surface area (Å²) in [6, 6.07) is 17.1. The van der Waals surface area contributed by atoms with Gasteiger partial charge in [0.15, 0.2) is 0 Å². The number of nitrogens with two attached hydrogens (primary N) is 1. The molecule has 7 nitrogen and oxygen atoms in total. The zero-order valence-corrected chi connectivity index (χ0v) is 19.0. The fraction of sp³-hybridized carbons (Fsp3) is 0.160. The molecule has 0 aromatic heterocycles. The van der Waals surface area contributed by atoms with Crippen molar-refractivity contribution in [3.63, 3.8) is 0 Å². The summed E-state index contributed by atoms with van der Waals surface area (Å²) in [5.41, 5.74) is 7.98. The van der Waals surface area contributed by atoms with E-state index in [1.54, 1.807) is 36.4 Å². The number of nitrogens with zero attached hydrogens (tertiary/aromatic N) is 2. The smallest absolute Gasteiger partial charge is 0.441 e. The molecular weight excluding hydrogens is 480 g/mol. The second kappa shape index (κ2) is 11.8. The minimum atomic E-state index is -4.77. The highest BCUT2D eigenvalue weighted by Gasteiger charge is 2.30. The third-order valence-electron chi connectivity index (χ3n) is 4.76. The lowest BCUT2D eigenvalue weighted by Gasteiger charge is -2.17. The summed E-state index contributed by atoms with van der Waals surface area (Å²) in [6.45, 7) is 1.85. The Morgan fingerprint density at radius 2 is 1.67 bits per heavy atom. The zero-order valence-electron chi connectivity index (χ0n) is 19.0. The van der Waals surface area contributed by atoms with E-state index in [0.29, 0.717) is 28.9 Å². The van der Waals surface area contributed by atoms with Gasteiger partial charge in [0.25, 0.3) is 0 Å². The fourth-order valence-corrected chi connectivity index (χ4v) is 3.03. The van der Waals surface area contributed by atoms with Crippen LogP contribution in [-0.2, 0) is 4.74 Å². The second-order valence-corrected chi connectivity index (χ2v) is 7.36. The van der Waals surface area contributed by atoms with Gasteiger partial charge in [-0.25, -0.2) is 19.2 Å². The van der Waals surface area contributed by atoms with E-state index in [-0.39, 0.29) is 17.4 Å². The highest BCUT2D eigenvalue weighted by atomic mass is 19.4. The summed E-state index contributed by atoms with van der Waals surface area (Å²) >= 11 is 0. The van der Waals surface area contributed by atoms with Crippen LogP contribution < -0.4 is 15.8 Å². The SMILES string of the molecule is CCC(OC(=O)Nc1ccc(C(N)=NC=Nc2ccc(OC(F)(F)F)cc2)cc1)c1ccc(F)cc1. The second-order valence-electron chi connectivity index (χ2n) is 7.36. The lowest BCUT2D eigenvalue weighted by atomic mass is 10.1. The van der Waals surface area contributed by atoms with Crippen molar-refractivity contribution < 1.29 is 31.8 Å². The van der Waals surface area contributed by atoms with Crippen LogP contribution in [0.15, 0.2) is 82.8 Å². The summed E-state index contributed by atoms with van der Waals surface area (Å²) in [6.07, 6.45) is -4.28. The van der Waals surface area contributed by atoms with Crippen LogP contribution in [0.4, 0.5) is 33.7 Å². The Morgan fingerprint density at radius 1 is 1.03 bits per heavy atom. The Kier molecular flexibility index (Phi) is 8.61. The zero-order chi connectivity index (χ0) is 26.1. The minimum Gasteiger partial charge on any atom is -0.441 e. The number of ether oxygens (including phenoxy) is 2. The monoisotopic (exact) mass is 502 g/mol. The molecule has 0 saturated carbocycles. The van der Waals surface area contributed by atoms with Crippen molar-refractivity contribution in [2.24, 2.45) is 15.7 Å². The molecule has 188 valence electrons. The lowest BCUT2D eigenvalue weighted by Crippen LogP contribution is -2.17. The predicted molar refractivity (Wildman–Crippen MR) is 128 cm³/mol. The van der Waals surface area contributed by atoms with Crippen molar-refractivity contribution in [1.82, 2.24) is 0 Å². The largest absolute Gasteiger partial charge is 0.573 e. The molecule has 3 N–H and O–H groups in total. The Balaban J connectivity index is 1.55. The Hall–Kier alpha value is -4.41. The lowest BCUT2D eigenvalue weighted by molar-refractivity contribution is -0.274. The van der Waals surface area contributed by atoms with E-state index in [4.69, 9.17) is 10.5 Å². The first-order valence-corrected chi connectivity index (χ1v) is 10.7. The highest BCUT2D eigenvalue weighted by Crippen LogP contribution is 2.25. The normalized spacial score (nSPS) is 12.9. The van der Waals surface area contributed by atoms with Gasteiger partial charge in [0.05, 0.1) is 5.69 Å². The average Bonchev–Trinajstić information content (AvgIpc) is 2.84. The number of hydrogen-bond acceptors (Lipinski definition) is 4. The standard InChI is InChI=1S/C25H22F4N4O3/c1-2-22(16-3-7-18(26)8-4-16)35-24(34)33-20-9-5-17(6-10-20)23(30)32-15-31-19-11-13-21(14-12-19)36-25(27,28)29/h3-15,22H,2H2,1H3,(H,33,34)(H2,30,31,32). The van der Waals surface area contributed by atoms with E-state index in [9.17, 15) is 22.4 Å². The van der Waals surface area contributed by atoms with Gasteiger partial charge in [-0.2, -0.15) is 0 Å². The molecule has 1 amide bonds. The van der Waals surface area contributed by atoms with Crippen LogP contribution in [0.1, 0.15) is 30.6 Å². The summed E-state index contributed by atoms with van der Waals surface area (Å²) < 4.78 is 58.9. The van der Waals surface area contributed by atoms with Gasteiger partial charge in [-0.1, -0.05) is 19.1 Å². The molecule has 3 rings (SSSR count). The number of aliphatic imine (C=N–C) groups is 2. The van der Waals surface area contributed by atoms with Crippen LogP contribution in [0.2, 0.25) is 0 Å². The van der Waals surface area contributed by atoms with Gasteiger partial charge < -0.3 is 15.2 Å². The third kappa shape index (κ3) is 8.12. The fourth-order valence-electron chi connectivity index (χ4n) is 3.03. The molecule has 0 bridgehead atoms. The maximum atomic E-state index is 13.1. The Bertz CT molecular complexity index is 1210. The van der Waals surface area contributed by atoms with E-state index < -0.39 is 18.6 Å². The number of hydrogen-bond donors (Lipinski definition) is 2. The van der Waals surface area contributed by atoms with E-state index in [2.05, 4.69) is 20.0 Å². The first kappa shape index (κ1) is 26.2. The van der Waals surface area contributed by atoms with Gasteiger partial charge in [0.1, 0.15) is 29.8 Å². The summed E-state index contributed by atoms with van der Waals surface area (Å²) in [5.74, 6) is -0.601. The van der Waals surface area contributed by atoms with Crippen LogP contribution in [0.5, 0.6) is 5.75 Å². The molecule has 0 aliphatic carbocycles. The molecule has 0 aliphatic heterocycles. The number of rotatable bonds is 8. The molecular formula is C25H22F4N4O3. The minimum absolute atomic E-state index is 0.132. The average molecular weight is 502 g/mol. The third-order valence-corrected chi connectivity index (χ3v) is 4.76. The van der Waals surface area contributed by atoms with E-state index in [1.807, 2.05) is 6.92 Å². The van der Waals surface area contributed by atoms with Crippen molar-refractivity contribution in [1.29, 1.82) is 0 Å². The number of nitrogens with one attached hydrogen (secondary N) is 1. The van der Waals surface area contributed by atoms with Gasteiger partial charge in [-0.15, -0.1) is 13.2 Å². The number of anilines is 1. The number of benzene rings is 3. The van der Waals surface area contributed by atoms with Crippen LogP contribution >= 0.6 is 0 Å². The van der Waals surface area contributed by atoms with Crippen LogP contribution in [0.3, 0.4) is 0 Å². The molecule has 1 unspecified atom stereocenters. The Morgan fingerprint density at radius 3 is 2.25 bits per heavy atom. The first-order valence-electron chi connectivity index (χ1n) is 10.7. The molecule has 0 saturated heterocycles. The van der Waals surface area contributed by atoms with Crippen LogP contribution in [-0.4, -0.2) is 24.6 Å². The van der Waals surface area contributed by atoms with Crippen LogP contribution in [0, 0.1) is 5.82 Å². The van der Waals surface area contributed by atoms with Crippen molar-refractivity contribution in [2.45, 2.75) is 25.8 Å². The molecule has 0 heterocycles. The molecule has 0 aliphatic rings. The number of alkyl halides is 3. The quantitative estimate of drug-likeness (QED) is 0.209. The van der Waals surface area contributed by atoms with Crippen molar-refractivity contribution in [3.8, 4) is 5.75 Å². The molecule has 1 atom stereocenters. The molecule has 3 aromatic carbocycles. The number of carbonyl (C=O) groups is 1. The number of carbonyl (C=O) groups excluding carboxylic acids is 1. The molecule has 11 heteroatoms. The summed E-state index contributed by atoms with van der Waals surface area (Å²) in [7, 11) is 0. The van der Waals surface area contributed by atoms with Crippen LogP contribution in [0.25, 0.3) is 0 Å². The van der Waals surface area contributed by atoms with E-state index >= 15 is 0 Å². The number of halogens is 4. The van der Waals surface area contributed by atoms with Gasteiger partial charge in [0, 0.05) is 11.3 Å². The molecule has 0 spiro atoms. The summed E-state index contributed by atoms with van der Waals surface area (Å²) in [5, 5.41) is 2.61. The predicted octanol–water partition coefficient (Wildman–Crippen LogP) is 6.49. The molecule has 36 heavy (non-hydrogen) atoms. The first-order chi connectivity index (χ1) is 17.1. The molecule has 0 radical (unpaired) electrons. The van der Waals surface area contributed by atoms with E-state index in [0.717, 1.165) is 12.1 Å².